The van der Waals surface area contributed by atoms with Gasteiger partial charge in [0.1, 0.15) is 18.9 Å². The molecule has 0 amide bonds. The van der Waals surface area contributed by atoms with Crippen molar-refractivity contribution in [3.05, 3.63) is 24.0 Å². The molecule has 0 aliphatic heterocycles. The third-order valence-corrected chi connectivity index (χ3v) is 2.99. The largest absolute Gasteiger partial charge is 0.319 e. The summed E-state index contributed by atoms with van der Waals surface area (Å²) < 4.78 is 11.5. The molecule has 0 bridgehead atoms. The number of nitriles is 1. The molecule has 0 fully saturated rings. The van der Waals surface area contributed by atoms with E-state index >= 15 is 0 Å². The maximum Gasteiger partial charge on any atom is 0.140 e. The van der Waals surface area contributed by atoms with E-state index in [1.165, 1.54) is 6.20 Å². The lowest BCUT2D eigenvalue weighted by Crippen LogP contribution is -2.03. The van der Waals surface area contributed by atoms with Crippen LogP contribution in [0, 0.1) is 11.3 Å². The lowest BCUT2D eigenvalue weighted by atomic mass is 10.4. The summed E-state index contributed by atoms with van der Waals surface area (Å²) >= 11 is 0. The first-order valence-corrected chi connectivity index (χ1v) is 6.06. The molecule has 0 atom stereocenters. The SMILES string of the molecule is CP(C)(=O)c1ccc(C#N)nc1. The van der Waals surface area contributed by atoms with Crippen molar-refractivity contribution in [3.8, 4) is 6.07 Å². The van der Waals surface area contributed by atoms with Gasteiger partial charge in [0.25, 0.3) is 0 Å². The van der Waals surface area contributed by atoms with Crippen LogP contribution in [0.5, 0.6) is 0 Å². The second-order valence-electron chi connectivity index (χ2n) is 2.86. The van der Waals surface area contributed by atoms with Gasteiger partial charge in [-0.2, -0.15) is 5.26 Å². The minimum Gasteiger partial charge on any atom is -0.319 e. The Balaban J connectivity index is 3.11. The molecule has 4 heteroatoms. The van der Waals surface area contributed by atoms with Crippen LogP contribution in [0.4, 0.5) is 0 Å². The van der Waals surface area contributed by atoms with Crippen LogP contribution in [0.3, 0.4) is 0 Å². The molecule has 0 aliphatic rings. The lowest BCUT2D eigenvalue weighted by Gasteiger charge is -2.04. The summed E-state index contributed by atoms with van der Waals surface area (Å²) in [5.74, 6) is 0. The van der Waals surface area contributed by atoms with Crippen molar-refractivity contribution in [2.45, 2.75) is 0 Å². The Morgan fingerprint density at radius 2 is 2.17 bits per heavy atom. The van der Waals surface area contributed by atoms with Crippen LogP contribution in [-0.2, 0) is 4.57 Å². The van der Waals surface area contributed by atoms with Crippen LogP contribution in [-0.4, -0.2) is 18.3 Å². The molecule has 0 saturated carbocycles. The van der Waals surface area contributed by atoms with E-state index in [0.29, 0.717) is 11.0 Å². The van der Waals surface area contributed by atoms with Gasteiger partial charge in [0, 0.05) is 11.5 Å². The summed E-state index contributed by atoms with van der Waals surface area (Å²) in [6.45, 7) is 3.35. The van der Waals surface area contributed by atoms with Crippen molar-refractivity contribution in [1.82, 2.24) is 4.98 Å². The number of nitrogens with zero attached hydrogens (tertiary/aromatic N) is 2. The Hall–Kier alpha value is -1.13. The summed E-state index contributed by atoms with van der Waals surface area (Å²) in [5.41, 5.74) is 0.354. The second-order valence-corrected chi connectivity index (χ2v) is 6.08. The van der Waals surface area contributed by atoms with Gasteiger partial charge in [-0.05, 0) is 25.5 Å². The van der Waals surface area contributed by atoms with Gasteiger partial charge in [0.05, 0.1) is 0 Å². The third-order valence-electron chi connectivity index (χ3n) is 1.48. The molecule has 0 spiro atoms. The van der Waals surface area contributed by atoms with Gasteiger partial charge < -0.3 is 4.57 Å². The Labute approximate surface area is 71.4 Å². The van der Waals surface area contributed by atoms with Crippen molar-refractivity contribution >= 4 is 12.4 Å². The molecule has 0 aliphatic carbocycles. The maximum absolute atomic E-state index is 11.5. The monoisotopic (exact) mass is 180 g/mol. The second kappa shape index (κ2) is 3.08. The summed E-state index contributed by atoms with van der Waals surface area (Å²) in [6, 6.07) is 5.17. The van der Waals surface area contributed by atoms with Crippen LogP contribution in [0.2, 0.25) is 0 Å². The van der Waals surface area contributed by atoms with E-state index in [9.17, 15) is 4.57 Å². The normalized spacial score (nSPS) is 10.8. The molecular formula is C8H9N2OP. The molecule has 0 unspecified atom stereocenters. The Morgan fingerprint density at radius 3 is 2.50 bits per heavy atom. The number of pyridine rings is 1. The highest BCUT2D eigenvalue weighted by molar-refractivity contribution is 7.70. The molecule has 0 aromatic carbocycles. The van der Waals surface area contributed by atoms with E-state index in [1.807, 2.05) is 6.07 Å². The number of hydrogen-bond acceptors (Lipinski definition) is 3. The quantitative estimate of drug-likeness (QED) is 0.610. The van der Waals surface area contributed by atoms with Gasteiger partial charge in [0.2, 0.25) is 0 Å². The smallest absolute Gasteiger partial charge is 0.140 e. The van der Waals surface area contributed by atoms with Crippen LogP contribution < -0.4 is 5.30 Å². The van der Waals surface area contributed by atoms with Gasteiger partial charge in [-0.1, -0.05) is 0 Å². The number of hydrogen-bond donors (Lipinski definition) is 0. The average molecular weight is 180 g/mol. The zero-order valence-electron chi connectivity index (χ0n) is 6.98. The van der Waals surface area contributed by atoms with Crippen molar-refractivity contribution < 1.29 is 4.57 Å². The number of rotatable bonds is 1. The highest BCUT2D eigenvalue weighted by atomic mass is 31.2. The molecule has 3 nitrogen and oxygen atoms in total. The first kappa shape index (κ1) is 8.96. The predicted molar refractivity (Wildman–Crippen MR) is 48.0 cm³/mol. The molecule has 0 N–H and O–H groups in total. The Bertz CT molecular complexity index is 358. The molecule has 1 heterocycles. The molecule has 0 radical (unpaired) electrons. The van der Waals surface area contributed by atoms with E-state index in [0.717, 1.165) is 0 Å². The van der Waals surface area contributed by atoms with Crippen molar-refractivity contribution in [3.63, 3.8) is 0 Å². The fourth-order valence-electron chi connectivity index (χ4n) is 0.771. The van der Waals surface area contributed by atoms with Crippen LogP contribution >= 0.6 is 7.14 Å². The fraction of sp³-hybridized carbons (Fsp3) is 0.250. The topological polar surface area (TPSA) is 53.8 Å². The first-order chi connectivity index (χ1) is 5.54. The molecule has 0 saturated heterocycles. The first-order valence-electron chi connectivity index (χ1n) is 3.46. The summed E-state index contributed by atoms with van der Waals surface area (Å²) in [5, 5.41) is 9.16. The van der Waals surface area contributed by atoms with Crippen LogP contribution in [0.15, 0.2) is 18.3 Å². The van der Waals surface area contributed by atoms with Crippen LogP contribution in [0.1, 0.15) is 5.69 Å². The summed E-state index contributed by atoms with van der Waals surface area (Å²) in [6.07, 6.45) is 1.50. The van der Waals surface area contributed by atoms with Crippen LogP contribution in [0.25, 0.3) is 0 Å². The van der Waals surface area contributed by atoms with E-state index < -0.39 is 7.14 Å². The summed E-state index contributed by atoms with van der Waals surface area (Å²) in [7, 11) is -2.22. The maximum atomic E-state index is 11.5. The van der Waals surface area contributed by atoms with E-state index in [2.05, 4.69) is 4.98 Å². The van der Waals surface area contributed by atoms with Gasteiger partial charge >= 0.3 is 0 Å². The lowest BCUT2D eigenvalue weighted by molar-refractivity contribution is 0.588. The van der Waals surface area contributed by atoms with Gasteiger partial charge in [-0.15, -0.1) is 0 Å². The zero-order valence-corrected chi connectivity index (χ0v) is 7.88. The zero-order chi connectivity index (χ0) is 9.19. The Kier molecular flexibility index (Phi) is 2.30. The standard InChI is InChI=1S/C8H9N2OP/c1-12(2,11)8-4-3-7(5-9)10-6-8/h3-4,6H,1-2H3. The average Bonchev–Trinajstić information content (AvgIpc) is 2.03. The van der Waals surface area contributed by atoms with E-state index in [-0.39, 0.29) is 0 Å². The molecule has 62 valence electrons. The minimum atomic E-state index is -2.22. The molecule has 1 aromatic heterocycles. The van der Waals surface area contributed by atoms with Crippen molar-refractivity contribution in [2.75, 3.05) is 13.3 Å². The fourth-order valence-corrected chi connectivity index (χ4v) is 1.54. The van der Waals surface area contributed by atoms with Crippen molar-refractivity contribution in [2.24, 2.45) is 0 Å². The third kappa shape index (κ3) is 1.93. The van der Waals surface area contributed by atoms with Gasteiger partial charge in [-0.3, -0.25) is 0 Å². The van der Waals surface area contributed by atoms with Gasteiger partial charge in [0.15, 0.2) is 0 Å². The minimum absolute atomic E-state index is 0.354. The Morgan fingerprint density at radius 1 is 1.50 bits per heavy atom. The molecule has 1 aromatic rings. The van der Waals surface area contributed by atoms with E-state index in [1.54, 1.807) is 25.5 Å². The highest BCUT2D eigenvalue weighted by Crippen LogP contribution is 2.33. The van der Waals surface area contributed by atoms with Gasteiger partial charge in [-0.25, -0.2) is 4.98 Å². The van der Waals surface area contributed by atoms with E-state index in [4.69, 9.17) is 5.26 Å². The molecule has 1 rings (SSSR count). The highest BCUT2D eigenvalue weighted by Gasteiger charge is 2.10. The predicted octanol–water partition coefficient (Wildman–Crippen LogP) is 1.20. The van der Waals surface area contributed by atoms with Crippen molar-refractivity contribution in [1.29, 1.82) is 5.26 Å². The summed E-state index contributed by atoms with van der Waals surface area (Å²) in [4.78, 5) is 3.83. The number of aromatic nitrogens is 1. The molecule has 12 heavy (non-hydrogen) atoms. The molecular weight excluding hydrogens is 171 g/mol.